The Morgan fingerprint density at radius 2 is 2.04 bits per heavy atom. The van der Waals surface area contributed by atoms with Crippen LogP contribution in [0.15, 0.2) is 29.3 Å². The van der Waals surface area contributed by atoms with Gasteiger partial charge in [0.15, 0.2) is 5.96 Å². The lowest BCUT2D eigenvalue weighted by Gasteiger charge is -2.30. The van der Waals surface area contributed by atoms with Gasteiger partial charge in [0.05, 0.1) is 13.2 Å². The fourth-order valence-electron chi connectivity index (χ4n) is 4.28. The maximum absolute atomic E-state index is 5.51. The minimum Gasteiger partial charge on any atom is -0.381 e. The van der Waals surface area contributed by atoms with E-state index >= 15 is 0 Å². The van der Waals surface area contributed by atoms with Gasteiger partial charge in [0.2, 0.25) is 0 Å². The number of ether oxygens (including phenoxy) is 1. The fraction of sp³-hybridized carbons (Fsp3) is 0.696. The number of rotatable bonds is 7. The molecule has 1 N–H and O–H groups in total. The monoisotopic (exact) mass is 386 g/mol. The minimum absolute atomic E-state index is 0.616. The molecule has 0 bridgehead atoms. The predicted octanol–water partition coefficient (Wildman–Crippen LogP) is 3.35. The standard InChI is InChI=1S/C23H38N4O/c1-4-24-23(26(3)16-22-11-13-28-18-22)25-14-20-7-9-21(10-8-20)17-27-12-5-6-19(2)15-27/h7-10,19,22H,4-6,11-18H2,1-3H3,(H,24,25). The van der Waals surface area contributed by atoms with Crippen molar-refractivity contribution in [2.45, 2.75) is 46.2 Å². The summed E-state index contributed by atoms with van der Waals surface area (Å²) < 4.78 is 5.51. The summed E-state index contributed by atoms with van der Waals surface area (Å²) in [6.07, 6.45) is 3.87. The van der Waals surface area contributed by atoms with Gasteiger partial charge in [0, 0.05) is 45.8 Å². The zero-order chi connectivity index (χ0) is 19.8. The first kappa shape index (κ1) is 21.1. The molecule has 0 radical (unpaired) electrons. The molecule has 0 saturated carbocycles. The van der Waals surface area contributed by atoms with E-state index in [2.05, 4.69) is 60.3 Å². The normalized spacial score (nSPS) is 23.8. The predicted molar refractivity (Wildman–Crippen MR) is 116 cm³/mol. The van der Waals surface area contributed by atoms with E-state index < -0.39 is 0 Å². The Morgan fingerprint density at radius 3 is 2.71 bits per heavy atom. The van der Waals surface area contributed by atoms with E-state index in [-0.39, 0.29) is 0 Å². The molecule has 2 atom stereocenters. The zero-order valence-corrected chi connectivity index (χ0v) is 18.0. The van der Waals surface area contributed by atoms with Gasteiger partial charge in [-0.2, -0.15) is 0 Å². The number of likely N-dealkylation sites (tertiary alicyclic amines) is 1. The summed E-state index contributed by atoms with van der Waals surface area (Å²) in [7, 11) is 2.13. The van der Waals surface area contributed by atoms with Crippen molar-refractivity contribution in [2.24, 2.45) is 16.8 Å². The van der Waals surface area contributed by atoms with E-state index in [0.717, 1.165) is 57.7 Å². The van der Waals surface area contributed by atoms with Gasteiger partial charge in [-0.1, -0.05) is 31.2 Å². The van der Waals surface area contributed by atoms with E-state index in [0.29, 0.717) is 5.92 Å². The molecule has 0 spiro atoms. The van der Waals surface area contributed by atoms with Crippen LogP contribution in [0.5, 0.6) is 0 Å². The highest BCUT2D eigenvalue weighted by atomic mass is 16.5. The van der Waals surface area contributed by atoms with Crippen LogP contribution in [-0.4, -0.2) is 62.2 Å². The van der Waals surface area contributed by atoms with Crippen LogP contribution < -0.4 is 5.32 Å². The molecule has 156 valence electrons. The molecule has 0 aromatic heterocycles. The molecule has 2 saturated heterocycles. The Balaban J connectivity index is 1.53. The third-order valence-corrected chi connectivity index (χ3v) is 5.83. The number of benzene rings is 1. The van der Waals surface area contributed by atoms with Crippen LogP contribution in [0.25, 0.3) is 0 Å². The van der Waals surface area contributed by atoms with Crippen LogP contribution in [-0.2, 0) is 17.8 Å². The molecule has 28 heavy (non-hydrogen) atoms. The Hall–Kier alpha value is -1.59. The van der Waals surface area contributed by atoms with Crippen LogP contribution in [0.1, 0.15) is 44.2 Å². The van der Waals surface area contributed by atoms with E-state index in [4.69, 9.17) is 9.73 Å². The fourth-order valence-corrected chi connectivity index (χ4v) is 4.28. The van der Waals surface area contributed by atoms with Gasteiger partial charge in [-0.3, -0.25) is 4.90 Å². The first-order valence-corrected chi connectivity index (χ1v) is 11.0. The van der Waals surface area contributed by atoms with E-state index in [1.54, 1.807) is 0 Å². The Kier molecular flexibility index (Phi) is 8.16. The molecule has 0 amide bonds. The summed E-state index contributed by atoms with van der Waals surface area (Å²) in [6.45, 7) is 12.4. The van der Waals surface area contributed by atoms with Gasteiger partial charge in [0.1, 0.15) is 0 Å². The first-order valence-electron chi connectivity index (χ1n) is 11.0. The Bertz CT molecular complexity index is 610. The van der Waals surface area contributed by atoms with Gasteiger partial charge in [-0.05, 0) is 49.8 Å². The van der Waals surface area contributed by atoms with Crippen LogP contribution in [0.3, 0.4) is 0 Å². The summed E-state index contributed by atoms with van der Waals surface area (Å²) in [4.78, 5) is 9.70. The highest BCUT2D eigenvalue weighted by molar-refractivity contribution is 5.79. The topological polar surface area (TPSA) is 40.1 Å². The lowest BCUT2D eigenvalue weighted by Crippen LogP contribution is -2.41. The van der Waals surface area contributed by atoms with Crippen molar-refractivity contribution in [1.29, 1.82) is 0 Å². The third kappa shape index (κ3) is 6.49. The molecule has 0 aliphatic carbocycles. The molecule has 2 aliphatic heterocycles. The van der Waals surface area contributed by atoms with Crippen molar-refractivity contribution in [1.82, 2.24) is 15.1 Å². The molecule has 2 fully saturated rings. The van der Waals surface area contributed by atoms with Crippen molar-refractivity contribution in [3.05, 3.63) is 35.4 Å². The first-order chi connectivity index (χ1) is 13.6. The smallest absolute Gasteiger partial charge is 0.193 e. The third-order valence-electron chi connectivity index (χ3n) is 5.83. The van der Waals surface area contributed by atoms with Crippen LogP contribution in [0.2, 0.25) is 0 Å². The molecule has 5 nitrogen and oxygen atoms in total. The van der Waals surface area contributed by atoms with Gasteiger partial charge < -0.3 is 15.0 Å². The molecule has 1 aromatic carbocycles. The summed E-state index contributed by atoms with van der Waals surface area (Å²) in [5, 5.41) is 3.42. The summed E-state index contributed by atoms with van der Waals surface area (Å²) in [5.74, 6) is 2.44. The average molecular weight is 387 g/mol. The maximum atomic E-state index is 5.51. The van der Waals surface area contributed by atoms with Crippen molar-refractivity contribution >= 4 is 5.96 Å². The molecule has 1 aromatic rings. The number of nitrogens with one attached hydrogen (secondary N) is 1. The van der Waals surface area contributed by atoms with Crippen molar-refractivity contribution in [3.8, 4) is 0 Å². The Labute approximate surface area is 171 Å². The van der Waals surface area contributed by atoms with Crippen LogP contribution in [0, 0.1) is 11.8 Å². The van der Waals surface area contributed by atoms with E-state index in [9.17, 15) is 0 Å². The highest BCUT2D eigenvalue weighted by Gasteiger charge is 2.19. The largest absolute Gasteiger partial charge is 0.381 e. The summed E-state index contributed by atoms with van der Waals surface area (Å²) in [5.41, 5.74) is 2.68. The van der Waals surface area contributed by atoms with Crippen LogP contribution in [0.4, 0.5) is 0 Å². The SMILES string of the molecule is CCNC(=NCc1ccc(CN2CCCC(C)C2)cc1)N(C)CC1CCOC1. The number of aliphatic imine (C=N–C) groups is 1. The lowest BCUT2D eigenvalue weighted by atomic mass is 9.99. The molecule has 2 heterocycles. The van der Waals surface area contributed by atoms with Gasteiger partial charge in [0.25, 0.3) is 0 Å². The molecule has 2 unspecified atom stereocenters. The van der Waals surface area contributed by atoms with Crippen molar-refractivity contribution in [2.75, 3.05) is 46.4 Å². The molecule has 2 aliphatic rings. The zero-order valence-electron chi connectivity index (χ0n) is 18.0. The summed E-state index contributed by atoms with van der Waals surface area (Å²) in [6, 6.07) is 9.02. The number of hydrogen-bond acceptors (Lipinski definition) is 3. The van der Waals surface area contributed by atoms with Crippen molar-refractivity contribution < 1.29 is 4.74 Å². The van der Waals surface area contributed by atoms with Gasteiger partial charge in [-0.15, -0.1) is 0 Å². The summed E-state index contributed by atoms with van der Waals surface area (Å²) >= 11 is 0. The number of nitrogens with zero attached hydrogens (tertiary/aromatic N) is 3. The van der Waals surface area contributed by atoms with Crippen LogP contribution >= 0.6 is 0 Å². The van der Waals surface area contributed by atoms with E-state index in [1.165, 1.54) is 37.1 Å². The number of hydrogen-bond donors (Lipinski definition) is 1. The second-order valence-corrected chi connectivity index (χ2v) is 8.58. The van der Waals surface area contributed by atoms with Crippen molar-refractivity contribution in [3.63, 3.8) is 0 Å². The average Bonchev–Trinajstić information content (AvgIpc) is 3.19. The van der Waals surface area contributed by atoms with Gasteiger partial charge >= 0.3 is 0 Å². The molecular weight excluding hydrogens is 348 g/mol. The number of guanidine groups is 1. The molecule has 5 heteroatoms. The molecular formula is C23H38N4O. The van der Waals surface area contributed by atoms with E-state index in [1.807, 2.05) is 0 Å². The molecule has 3 rings (SSSR count). The Morgan fingerprint density at radius 1 is 1.25 bits per heavy atom. The highest BCUT2D eigenvalue weighted by Crippen LogP contribution is 2.18. The quantitative estimate of drug-likeness (QED) is 0.576. The number of piperidine rings is 1. The second kappa shape index (κ2) is 10.8. The minimum atomic E-state index is 0.616. The lowest BCUT2D eigenvalue weighted by molar-refractivity contribution is 0.176. The maximum Gasteiger partial charge on any atom is 0.193 e. The second-order valence-electron chi connectivity index (χ2n) is 8.58. The van der Waals surface area contributed by atoms with Gasteiger partial charge in [-0.25, -0.2) is 4.99 Å².